The van der Waals surface area contributed by atoms with Crippen LogP contribution in [-0.2, 0) is 6.73 Å². The predicted octanol–water partition coefficient (Wildman–Crippen LogP) is 4.31. The molecule has 0 aliphatic carbocycles. The largest absolute Gasteiger partial charge is 0.472 e. The lowest BCUT2D eigenvalue weighted by Gasteiger charge is -2.21. The third-order valence-corrected chi connectivity index (χ3v) is 3.61. The minimum absolute atomic E-state index is 0.553. The van der Waals surface area contributed by atoms with E-state index in [4.69, 9.17) is 16.3 Å². The maximum absolute atomic E-state index is 6.08. The van der Waals surface area contributed by atoms with E-state index >= 15 is 0 Å². The van der Waals surface area contributed by atoms with Gasteiger partial charge in [0.05, 0.1) is 11.2 Å². The molecule has 4 rings (SSSR count). The normalized spacial score (nSPS) is 12.9. The van der Waals surface area contributed by atoms with Crippen LogP contribution in [0, 0.1) is 0 Å². The van der Waals surface area contributed by atoms with Crippen LogP contribution in [0.1, 0.15) is 0 Å². The highest BCUT2D eigenvalue weighted by atomic mass is 35.5. The van der Waals surface area contributed by atoms with E-state index in [2.05, 4.69) is 22.8 Å². The molecule has 3 heteroatoms. The predicted molar refractivity (Wildman–Crippen MR) is 73.0 cm³/mol. The topological polar surface area (TPSA) is 14.2 Å². The zero-order valence-corrected chi connectivity index (χ0v) is 10.3. The zero-order valence-electron chi connectivity index (χ0n) is 9.56. The van der Waals surface area contributed by atoms with E-state index in [0.717, 1.165) is 16.3 Å². The molecule has 2 heterocycles. The number of ether oxygens (including phenoxy) is 1. The number of benzene rings is 2. The van der Waals surface area contributed by atoms with Gasteiger partial charge in [0.1, 0.15) is 5.75 Å². The Labute approximate surface area is 109 Å². The van der Waals surface area contributed by atoms with Gasteiger partial charge in [-0.25, -0.2) is 0 Å². The Hall–Kier alpha value is -1.93. The van der Waals surface area contributed by atoms with E-state index in [1.807, 2.05) is 30.3 Å². The molecule has 1 aromatic heterocycles. The molecule has 0 N–H and O–H groups in total. The highest BCUT2D eigenvalue weighted by molar-refractivity contribution is 6.31. The zero-order chi connectivity index (χ0) is 12.1. The van der Waals surface area contributed by atoms with Gasteiger partial charge < -0.3 is 9.30 Å². The molecule has 88 valence electrons. The van der Waals surface area contributed by atoms with Crippen molar-refractivity contribution in [2.75, 3.05) is 0 Å². The number of hydrogen-bond donors (Lipinski definition) is 0. The molecule has 0 spiro atoms. The maximum atomic E-state index is 6.08. The Bertz CT molecular complexity index is 760. The molecule has 0 saturated carbocycles. The first-order valence-corrected chi connectivity index (χ1v) is 6.22. The lowest BCUT2D eigenvalue weighted by Crippen LogP contribution is -2.11. The van der Waals surface area contributed by atoms with Crippen molar-refractivity contribution in [3.63, 3.8) is 0 Å². The summed E-state index contributed by atoms with van der Waals surface area (Å²) in [6.45, 7) is 0.553. The molecule has 3 aromatic rings. The van der Waals surface area contributed by atoms with Gasteiger partial charge in [-0.05, 0) is 30.3 Å². The summed E-state index contributed by atoms with van der Waals surface area (Å²) in [5, 5.41) is 1.96. The van der Waals surface area contributed by atoms with Crippen LogP contribution in [0.3, 0.4) is 0 Å². The van der Waals surface area contributed by atoms with E-state index in [1.165, 1.54) is 16.6 Å². The molecule has 0 amide bonds. The first-order valence-electron chi connectivity index (χ1n) is 5.84. The molecule has 1 aliphatic rings. The average molecular weight is 256 g/mol. The van der Waals surface area contributed by atoms with Crippen LogP contribution in [0.4, 0.5) is 0 Å². The maximum Gasteiger partial charge on any atom is 0.165 e. The number of para-hydroxylation sites is 1. The van der Waals surface area contributed by atoms with Crippen LogP contribution < -0.4 is 4.74 Å². The van der Waals surface area contributed by atoms with Crippen molar-refractivity contribution in [1.29, 1.82) is 0 Å². The summed E-state index contributed by atoms with van der Waals surface area (Å²) in [5.41, 5.74) is 3.42. The van der Waals surface area contributed by atoms with Gasteiger partial charge in [-0.1, -0.05) is 29.8 Å². The van der Waals surface area contributed by atoms with Crippen LogP contribution in [0.5, 0.6) is 5.75 Å². The van der Waals surface area contributed by atoms with Gasteiger partial charge in [-0.2, -0.15) is 0 Å². The summed E-state index contributed by atoms with van der Waals surface area (Å²) in [6.07, 6.45) is 0. The highest BCUT2D eigenvalue weighted by Crippen LogP contribution is 2.39. The summed E-state index contributed by atoms with van der Waals surface area (Å²) in [6, 6.07) is 16.3. The Morgan fingerprint density at radius 3 is 2.89 bits per heavy atom. The number of rotatable bonds is 0. The lowest BCUT2D eigenvalue weighted by molar-refractivity contribution is 0.235. The molecular weight excluding hydrogens is 246 g/mol. The third kappa shape index (κ3) is 1.30. The van der Waals surface area contributed by atoms with E-state index in [0.29, 0.717) is 6.73 Å². The Kier molecular flexibility index (Phi) is 1.97. The molecule has 0 atom stereocenters. The Morgan fingerprint density at radius 2 is 1.94 bits per heavy atom. The van der Waals surface area contributed by atoms with Crippen molar-refractivity contribution >= 4 is 22.5 Å². The summed E-state index contributed by atoms with van der Waals surface area (Å²) >= 11 is 6.08. The van der Waals surface area contributed by atoms with E-state index in [1.54, 1.807) is 0 Å². The van der Waals surface area contributed by atoms with Crippen LogP contribution in [0.2, 0.25) is 5.02 Å². The van der Waals surface area contributed by atoms with E-state index in [-0.39, 0.29) is 0 Å². The monoisotopic (exact) mass is 255 g/mol. The molecule has 1 aliphatic heterocycles. The van der Waals surface area contributed by atoms with Crippen LogP contribution in [-0.4, -0.2) is 4.57 Å². The molecule has 0 saturated heterocycles. The smallest absolute Gasteiger partial charge is 0.165 e. The van der Waals surface area contributed by atoms with Crippen molar-refractivity contribution in [3.05, 3.63) is 53.6 Å². The lowest BCUT2D eigenvalue weighted by atomic mass is 10.1. The Balaban J connectivity index is 2.08. The third-order valence-electron chi connectivity index (χ3n) is 3.38. The second-order valence-electron chi connectivity index (χ2n) is 4.43. The van der Waals surface area contributed by atoms with Gasteiger partial charge in [0.25, 0.3) is 0 Å². The fraction of sp³-hybridized carbons (Fsp3) is 0.0667. The van der Waals surface area contributed by atoms with Crippen molar-refractivity contribution in [3.8, 4) is 17.0 Å². The molecule has 2 aromatic carbocycles. The van der Waals surface area contributed by atoms with Crippen LogP contribution in [0.15, 0.2) is 48.5 Å². The number of aromatic nitrogens is 1. The molecular formula is C15H10ClNO. The van der Waals surface area contributed by atoms with Gasteiger partial charge in [0.2, 0.25) is 0 Å². The van der Waals surface area contributed by atoms with Gasteiger partial charge in [-0.3, -0.25) is 0 Å². The fourth-order valence-electron chi connectivity index (χ4n) is 2.53. The van der Waals surface area contributed by atoms with Gasteiger partial charge >= 0.3 is 0 Å². The first-order chi connectivity index (χ1) is 8.83. The SMILES string of the molecule is Clc1ccc2c(c1)-c1cc3ccccc3n1CO2. The van der Waals surface area contributed by atoms with Crippen molar-refractivity contribution < 1.29 is 4.74 Å². The molecule has 0 radical (unpaired) electrons. The number of fused-ring (bicyclic) bond motifs is 5. The van der Waals surface area contributed by atoms with Gasteiger partial charge in [0, 0.05) is 16.0 Å². The van der Waals surface area contributed by atoms with Crippen LogP contribution >= 0.6 is 11.6 Å². The molecule has 18 heavy (non-hydrogen) atoms. The second kappa shape index (κ2) is 3.53. The summed E-state index contributed by atoms with van der Waals surface area (Å²) in [7, 11) is 0. The molecule has 0 bridgehead atoms. The summed E-state index contributed by atoms with van der Waals surface area (Å²) < 4.78 is 7.95. The first kappa shape index (κ1) is 10.0. The highest BCUT2D eigenvalue weighted by Gasteiger charge is 2.19. The molecule has 0 fully saturated rings. The fourth-order valence-corrected chi connectivity index (χ4v) is 2.71. The summed E-state index contributed by atoms with van der Waals surface area (Å²) in [4.78, 5) is 0. The van der Waals surface area contributed by atoms with Gasteiger partial charge in [-0.15, -0.1) is 0 Å². The second-order valence-corrected chi connectivity index (χ2v) is 4.87. The van der Waals surface area contributed by atoms with Crippen LogP contribution in [0.25, 0.3) is 22.2 Å². The van der Waals surface area contributed by atoms with Gasteiger partial charge in [0.15, 0.2) is 6.73 Å². The minimum Gasteiger partial charge on any atom is -0.472 e. The Morgan fingerprint density at radius 1 is 1.06 bits per heavy atom. The standard InChI is InChI=1S/C15H10ClNO/c16-11-5-6-15-12(8-11)14-7-10-3-1-2-4-13(10)17(14)9-18-15/h1-8H,9H2. The van der Waals surface area contributed by atoms with E-state index < -0.39 is 0 Å². The van der Waals surface area contributed by atoms with Crippen molar-refractivity contribution in [2.24, 2.45) is 0 Å². The number of nitrogens with zero attached hydrogens (tertiary/aromatic N) is 1. The molecule has 0 unspecified atom stereocenters. The number of halogens is 1. The minimum atomic E-state index is 0.553. The van der Waals surface area contributed by atoms with E-state index in [9.17, 15) is 0 Å². The molecule has 2 nitrogen and oxygen atoms in total. The number of hydrogen-bond acceptors (Lipinski definition) is 1. The quantitative estimate of drug-likeness (QED) is 0.584. The van der Waals surface area contributed by atoms with Crippen molar-refractivity contribution in [1.82, 2.24) is 4.57 Å². The summed E-state index contributed by atoms with van der Waals surface area (Å²) in [5.74, 6) is 0.898. The van der Waals surface area contributed by atoms with Crippen molar-refractivity contribution in [2.45, 2.75) is 6.73 Å². The average Bonchev–Trinajstić information content (AvgIpc) is 2.78.